The molecule has 0 radical (unpaired) electrons. The Morgan fingerprint density at radius 3 is 2.32 bits per heavy atom. The van der Waals surface area contributed by atoms with Crippen LogP contribution in [0.5, 0.6) is 0 Å². The molecule has 3 rings (SSSR count). The van der Waals surface area contributed by atoms with Crippen molar-refractivity contribution in [1.82, 2.24) is 9.88 Å². The summed E-state index contributed by atoms with van der Waals surface area (Å²) in [5, 5.41) is 9.20. The molecule has 1 fully saturated rings. The van der Waals surface area contributed by atoms with Crippen molar-refractivity contribution in [2.24, 2.45) is 0 Å². The average Bonchev–Trinajstić information content (AvgIpc) is 3.01. The summed E-state index contributed by atoms with van der Waals surface area (Å²) >= 11 is 0. The van der Waals surface area contributed by atoms with E-state index in [0.29, 0.717) is 18.5 Å². The van der Waals surface area contributed by atoms with Crippen LogP contribution < -0.4 is 4.90 Å². The van der Waals surface area contributed by atoms with Gasteiger partial charge in [0.2, 0.25) is 0 Å². The molecule has 0 unspecified atom stereocenters. The first kappa shape index (κ1) is 19.9. The highest BCUT2D eigenvalue weighted by atomic mass is 16.4. The zero-order chi connectivity index (χ0) is 19.8. The summed E-state index contributed by atoms with van der Waals surface area (Å²) < 4.78 is 0. The Kier molecular flexibility index (Phi) is 7.00. The van der Waals surface area contributed by atoms with Gasteiger partial charge in [0, 0.05) is 25.8 Å². The minimum atomic E-state index is -1.02. The van der Waals surface area contributed by atoms with Crippen molar-refractivity contribution < 1.29 is 14.7 Å². The number of hydrogen-bond acceptors (Lipinski definition) is 4. The second-order valence-corrected chi connectivity index (χ2v) is 7.16. The van der Waals surface area contributed by atoms with Crippen molar-refractivity contribution in [2.75, 3.05) is 31.1 Å². The molecule has 2 heterocycles. The number of carbonyl (C=O) groups excluding carboxylic acids is 1. The predicted molar refractivity (Wildman–Crippen MR) is 109 cm³/mol. The van der Waals surface area contributed by atoms with Gasteiger partial charge in [-0.2, -0.15) is 0 Å². The van der Waals surface area contributed by atoms with E-state index in [1.165, 1.54) is 17.7 Å². The van der Waals surface area contributed by atoms with Crippen LogP contribution in [0.4, 0.5) is 5.82 Å². The maximum Gasteiger partial charge on any atom is 0.323 e. The van der Waals surface area contributed by atoms with Gasteiger partial charge in [0.15, 0.2) is 0 Å². The second kappa shape index (κ2) is 9.88. The van der Waals surface area contributed by atoms with E-state index in [-0.39, 0.29) is 12.5 Å². The van der Waals surface area contributed by atoms with Crippen LogP contribution in [0.2, 0.25) is 0 Å². The van der Waals surface area contributed by atoms with Crippen LogP contribution in [0.25, 0.3) is 0 Å². The molecule has 1 aromatic carbocycles. The molecule has 6 nitrogen and oxygen atoms in total. The van der Waals surface area contributed by atoms with Crippen LogP contribution >= 0.6 is 0 Å². The average molecular weight is 381 g/mol. The lowest BCUT2D eigenvalue weighted by Crippen LogP contribution is -2.37. The van der Waals surface area contributed by atoms with Crippen molar-refractivity contribution in [3.05, 3.63) is 59.8 Å². The zero-order valence-electron chi connectivity index (χ0n) is 16.1. The Hall–Kier alpha value is -2.89. The van der Waals surface area contributed by atoms with Crippen LogP contribution in [0.3, 0.4) is 0 Å². The molecule has 0 atom stereocenters. The number of anilines is 1. The van der Waals surface area contributed by atoms with Crippen LogP contribution in [0.15, 0.2) is 48.7 Å². The van der Waals surface area contributed by atoms with E-state index in [0.717, 1.165) is 37.3 Å². The highest BCUT2D eigenvalue weighted by Gasteiger charge is 2.19. The molecule has 0 aliphatic carbocycles. The summed E-state index contributed by atoms with van der Waals surface area (Å²) in [4.78, 5) is 32.2. The molecule has 6 heteroatoms. The molecular formula is C22H27N3O3. The third kappa shape index (κ3) is 5.55. The third-order valence-electron chi connectivity index (χ3n) is 5.05. The number of benzene rings is 1. The first-order valence-corrected chi connectivity index (χ1v) is 9.89. The van der Waals surface area contributed by atoms with Gasteiger partial charge in [-0.25, -0.2) is 4.98 Å². The number of carboxylic acids is 1. The number of amides is 1. The lowest BCUT2D eigenvalue weighted by molar-refractivity contribution is -0.137. The number of hydrogen-bond donors (Lipinski definition) is 1. The molecule has 2 aromatic rings. The molecule has 1 aromatic heterocycles. The van der Waals surface area contributed by atoms with Crippen molar-refractivity contribution in [2.45, 2.75) is 32.1 Å². The van der Waals surface area contributed by atoms with Crippen LogP contribution in [-0.2, 0) is 11.2 Å². The van der Waals surface area contributed by atoms with E-state index in [9.17, 15) is 14.7 Å². The van der Waals surface area contributed by atoms with E-state index in [1.807, 2.05) is 36.4 Å². The van der Waals surface area contributed by atoms with Gasteiger partial charge >= 0.3 is 5.97 Å². The first-order valence-electron chi connectivity index (χ1n) is 9.89. The third-order valence-corrected chi connectivity index (χ3v) is 5.05. The Labute approximate surface area is 165 Å². The van der Waals surface area contributed by atoms with Gasteiger partial charge in [0.05, 0.1) is 5.56 Å². The monoisotopic (exact) mass is 381 g/mol. The van der Waals surface area contributed by atoms with Gasteiger partial charge in [0.25, 0.3) is 5.91 Å². The summed E-state index contributed by atoms with van der Waals surface area (Å²) in [5.74, 6) is -0.434. The summed E-state index contributed by atoms with van der Waals surface area (Å²) in [6.45, 7) is 2.01. The number of rotatable bonds is 7. The number of nitrogens with zero attached hydrogens (tertiary/aromatic N) is 3. The van der Waals surface area contributed by atoms with Crippen LogP contribution in [0, 0.1) is 0 Å². The lowest BCUT2D eigenvalue weighted by Gasteiger charge is -2.23. The molecule has 1 saturated heterocycles. The Balaban J connectivity index is 1.67. The minimum absolute atomic E-state index is 0.298. The van der Waals surface area contributed by atoms with E-state index in [1.54, 1.807) is 12.3 Å². The maximum atomic E-state index is 12.9. The van der Waals surface area contributed by atoms with Crippen molar-refractivity contribution in [3.63, 3.8) is 0 Å². The number of carbonyl (C=O) groups is 2. The second-order valence-electron chi connectivity index (χ2n) is 7.16. The smallest absolute Gasteiger partial charge is 0.323 e. The molecule has 28 heavy (non-hydrogen) atoms. The fourth-order valence-electron chi connectivity index (χ4n) is 3.51. The van der Waals surface area contributed by atoms with Crippen molar-refractivity contribution in [3.8, 4) is 0 Å². The molecule has 148 valence electrons. The molecule has 0 bridgehead atoms. The number of carboxylic acid groups (broad SMARTS) is 1. The Morgan fingerprint density at radius 2 is 1.71 bits per heavy atom. The summed E-state index contributed by atoms with van der Waals surface area (Å²) in [6, 6.07) is 13.4. The quantitative estimate of drug-likeness (QED) is 0.797. The normalized spacial score (nSPS) is 14.4. The highest BCUT2D eigenvalue weighted by molar-refractivity contribution is 5.95. The molecule has 1 amide bonds. The number of aliphatic carboxylic acids is 1. The Bertz CT molecular complexity index is 769. The molecule has 1 aliphatic rings. The summed E-state index contributed by atoms with van der Waals surface area (Å²) in [5.41, 5.74) is 1.49. The minimum Gasteiger partial charge on any atom is -0.480 e. The Morgan fingerprint density at radius 1 is 1.00 bits per heavy atom. The maximum absolute atomic E-state index is 12.9. The predicted octanol–water partition coefficient (Wildman–Crippen LogP) is 3.23. The topological polar surface area (TPSA) is 73.7 Å². The zero-order valence-corrected chi connectivity index (χ0v) is 16.1. The summed E-state index contributed by atoms with van der Waals surface area (Å²) in [6.07, 6.45) is 7.00. The van der Waals surface area contributed by atoms with Crippen LogP contribution in [0.1, 0.15) is 41.6 Å². The standard InChI is InChI=1S/C22H27N3O3/c26-21(27)17-25(15-12-18-8-4-3-5-9-18)22(28)19-10-11-20(23-16-19)24-13-6-1-2-7-14-24/h3-5,8-11,16H,1-2,6-7,12-15,17H2,(H,26,27). The lowest BCUT2D eigenvalue weighted by atomic mass is 10.1. The largest absolute Gasteiger partial charge is 0.480 e. The molecule has 1 N–H and O–H groups in total. The van der Waals surface area contributed by atoms with Crippen molar-refractivity contribution in [1.29, 1.82) is 0 Å². The van der Waals surface area contributed by atoms with E-state index < -0.39 is 5.97 Å². The van der Waals surface area contributed by atoms with Gasteiger partial charge < -0.3 is 14.9 Å². The summed E-state index contributed by atoms with van der Waals surface area (Å²) in [7, 11) is 0. The van der Waals surface area contributed by atoms with Gasteiger partial charge in [-0.05, 0) is 37.0 Å². The van der Waals surface area contributed by atoms with E-state index in [2.05, 4.69) is 9.88 Å². The number of pyridine rings is 1. The molecule has 0 saturated carbocycles. The highest BCUT2D eigenvalue weighted by Crippen LogP contribution is 2.18. The van der Waals surface area contributed by atoms with Gasteiger partial charge in [-0.15, -0.1) is 0 Å². The van der Waals surface area contributed by atoms with Gasteiger partial charge in [-0.1, -0.05) is 43.2 Å². The first-order chi connectivity index (χ1) is 13.6. The van der Waals surface area contributed by atoms with E-state index >= 15 is 0 Å². The van der Waals surface area contributed by atoms with Crippen LogP contribution in [-0.4, -0.2) is 53.0 Å². The molecule has 1 aliphatic heterocycles. The van der Waals surface area contributed by atoms with Gasteiger partial charge in [0.1, 0.15) is 12.4 Å². The van der Waals surface area contributed by atoms with Gasteiger partial charge in [-0.3, -0.25) is 9.59 Å². The molecule has 0 spiro atoms. The SMILES string of the molecule is O=C(O)CN(CCc1ccccc1)C(=O)c1ccc(N2CCCCCC2)nc1. The molecular weight excluding hydrogens is 354 g/mol. The fourth-order valence-corrected chi connectivity index (χ4v) is 3.51. The number of aromatic nitrogens is 1. The fraction of sp³-hybridized carbons (Fsp3) is 0.409. The van der Waals surface area contributed by atoms with Crippen molar-refractivity contribution >= 4 is 17.7 Å². The van der Waals surface area contributed by atoms with E-state index in [4.69, 9.17) is 0 Å².